The molecule has 1 atom stereocenters. The van der Waals surface area contributed by atoms with Crippen molar-refractivity contribution in [2.24, 2.45) is 5.84 Å². The first-order valence-electron chi connectivity index (χ1n) is 6.24. The second-order valence-corrected chi connectivity index (χ2v) is 4.51. The molecule has 1 aromatic carbocycles. The van der Waals surface area contributed by atoms with E-state index in [1.54, 1.807) is 13.3 Å². The number of nitrogens with zero attached hydrogens (tertiary/aromatic N) is 1. The van der Waals surface area contributed by atoms with Gasteiger partial charge in [-0.3, -0.25) is 16.3 Å². The predicted octanol–water partition coefficient (Wildman–Crippen LogP) is 2.15. The minimum atomic E-state index is 0.0649. The van der Waals surface area contributed by atoms with Gasteiger partial charge in [0.2, 0.25) is 0 Å². The quantitative estimate of drug-likeness (QED) is 0.636. The van der Waals surface area contributed by atoms with Gasteiger partial charge in [0, 0.05) is 12.4 Å². The maximum Gasteiger partial charge on any atom is 0.119 e. The average Bonchev–Trinajstić information content (AvgIpc) is 2.46. The van der Waals surface area contributed by atoms with Crippen LogP contribution in [0.25, 0.3) is 0 Å². The van der Waals surface area contributed by atoms with Gasteiger partial charge in [-0.15, -0.1) is 0 Å². The monoisotopic (exact) mass is 257 g/mol. The molecule has 0 aliphatic carbocycles. The number of nitrogens with one attached hydrogen (secondary N) is 1. The maximum absolute atomic E-state index is 5.69. The number of hydrogen-bond donors (Lipinski definition) is 2. The summed E-state index contributed by atoms with van der Waals surface area (Å²) in [5.74, 6) is 6.55. The fraction of sp³-hybridized carbons (Fsp3) is 0.267. The normalized spacial score (nSPS) is 12.2. The highest BCUT2D eigenvalue weighted by molar-refractivity contribution is 5.32. The van der Waals surface area contributed by atoms with E-state index in [1.807, 2.05) is 37.4 Å². The highest BCUT2D eigenvalue weighted by Gasteiger charge is 2.13. The molecule has 1 unspecified atom stereocenters. The van der Waals surface area contributed by atoms with E-state index in [1.165, 1.54) is 11.1 Å². The van der Waals surface area contributed by atoms with Crippen molar-refractivity contribution in [2.75, 3.05) is 7.11 Å². The third-order valence-electron chi connectivity index (χ3n) is 3.21. The molecule has 0 radical (unpaired) electrons. The number of hydrogen-bond acceptors (Lipinski definition) is 4. The molecule has 2 rings (SSSR count). The Bertz CT molecular complexity index is 542. The zero-order valence-corrected chi connectivity index (χ0v) is 11.3. The van der Waals surface area contributed by atoms with E-state index >= 15 is 0 Å². The van der Waals surface area contributed by atoms with Gasteiger partial charge in [0.1, 0.15) is 5.75 Å². The van der Waals surface area contributed by atoms with Crippen molar-refractivity contribution in [2.45, 2.75) is 19.4 Å². The summed E-state index contributed by atoms with van der Waals surface area (Å²) in [5, 5.41) is 0. The molecule has 0 bridgehead atoms. The SMILES string of the molecule is COc1cccc(CC(NN)c2ccncc2C)c1. The van der Waals surface area contributed by atoms with Crippen LogP contribution in [0.5, 0.6) is 5.75 Å². The highest BCUT2D eigenvalue weighted by Crippen LogP contribution is 2.22. The van der Waals surface area contributed by atoms with Crippen LogP contribution in [0.1, 0.15) is 22.7 Å². The zero-order valence-electron chi connectivity index (χ0n) is 11.3. The average molecular weight is 257 g/mol. The Morgan fingerprint density at radius 1 is 1.37 bits per heavy atom. The lowest BCUT2D eigenvalue weighted by Gasteiger charge is -2.18. The smallest absolute Gasteiger partial charge is 0.119 e. The Labute approximate surface area is 113 Å². The van der Waals surface area contributed by atoms with Crippen LogP contribution < -0.4 is 16.0 Å². The minimum absolute atomic E-state index is 0.0649. The fourth-order valence-electron chi connectivity index (χ4n) is 2.17. The van der Waals surface area contributed by atoms with E-state index in [4.69, 9.17) is 10.6 Å². The number of pyridine rings is 1. The van der Waals surface area contributed by atoms with Crippen LogP contribution in [0.15, 0.2) is 42.7 Å². The molecule has 0 spiro atoms. The van der Waals surface area contributed by atoms with E-state index in [9.17, 15) is 0 Å². The Hall–Kier alpha value is -1.91. The Kier molecular flexibility index (Phi) is 4.49. The van der Waals surface area contributed by atoms with Gasteiger partial charge in [0.05, 0.1) is 13.2 Å². The van der Waals surface area contributed by atoms with Gasteiger partial charge in [0.25, 0.3) is 0 Å². The number of ether oxygens (including phenoxy) is 1. The Morgan fingerprint density at radius 2 is 2.21 bits per heavy atom. The molecule has 0 saturated heterocycles. The third-order valence-corrected chi connectivity index (χ3v) is 3.21. The molecule has 2 aromatic rings. The van der Waals surface area contributed by atoms with Gasteiger partial charge in [0.15, 0.2) is 0 Å². The summed E-state index contributed by atoms with van der Waals surface area (Å²) >= 11 is 0. The van der Waals surface area contributed by atoms with Gasteiger partial charge in [-0.25, -0.2) is 0 Å². The standard InChI is InChI=1S/C15H19N3O/c1-11-10-17-7-6-14(11)15(18-16)9-12-4-3-5-13(8-12)19-2/h3-8,10,15,18H,9,16H2,1-2H3. The van der Waals surface area contributed by atoms with Crippen LogP contribution in [0.2, 0.25) is 0 Å². The number of benzene rings is 1. The Morgan fingerprint density at radius 3 is 2.89 bits per heavy atom. The molecule has 4 nitrogen and oxygen atoms in total. The molecular weight excluding hydrogens is 238 g/mol. The van der Waals surface area contributed by atoms with Crippen LogP contribution in [0.3, 0.4) is 0 Å². The zero-order chi connectivity index (χ0) is 13.7. The summed E-state index contributed by atoms with van der Waals surface area (Å²) < 4.78 is 5.24. The van der Waals surface area contributed by atoms with E-state index in [0.717, 1.165) is 17.7 Å². The van der Waals surface area contributed by atoms with Crippen LogP contribution in [-0.4, -0.2) is 12.1 Å². The number of methoxy groups -OCH3 is 1. The molecule has 0 aliphatic heterocycles. The molecule has 1 aromatic heterocycles. The summed E-state index contributed by atoms with van der Waals surface area (Å²) in [6.45, 7) is 2.04. The van der Waals surface area contributed by atoms with E-state index < -0.39 is 0 Å². The van der Waals surface area contributed by atoms with Crippen molar-refractivity contribution >= 4 is 0 Å². The fourth-order valence-corrected chi connectivity index (χ4v) is 2.17. The molecule has 4 heteroatoms. The second kappa shape index (κ2) is 6.31. The molecule has 100 valence electrons. The number of aromatic nitrogens is 1. The summed E-state index contributed by atoms with van der Waals surface area (Å²) in [5.41, 5.74) is 6.36. The predicted molar refractivity (Wildman–Crippen MR) is 75.7 cm³/mol. The van der Waals surface area contributed by atoms with Gasteiger partial charge in [-0.2, -0.15) is 0 Å². The molecule has 0 amide bonds. The summed E-state index contributed by atoms with van der Waals surface area (Å²) in [4.78, 5) is 4.11. The van der Waals surface area contributed by atoms with Crippen LogP contribution >= 0.6 is 0 Å². The van der Waals surface area contributed by atoms with Crippen molar-refractivity contribution in [1.82, 2.24) is 10.4 Å². The molecule has 0 fully saturated rings. The van der Waals surface area contributed by atoms with Crippen molar-refractivity contribution in [1.29, 1.82) is 0 Å². The molecular formula is C15H19N3O. The van der Waals surface area contributed by atoms with Crippen LogP contribution in [-0.2, 0) is 6.42 Å². The van der Waals surface area contributed by atoms with Gasteiger partial charge in [-0.1, -0.05) is 12.1 Å². The minimum Gasteiger partial charge on any atom is -0.497 e. The lowest BCUT2D eigenvalue weighted by atomic mass is 9.97. The first kappa shape index (κ1) is 13.5. The van der Waals surface area contributed by atoms with Crippen molar-refractivity contribution in [3.05, 3.63) is 59.4 Å². The van der Waals surface area contributed by atoms with E-state index in [0.29, 0.717) is 0 Å². The maximum atomic E-state index is 5.69. The van der Waals surface area contributed by atoms with Crippen LogP contribution in [0, 0.1) is 6.92 Å². The molecule has 19 heavy (non-hydrogen) atoms. The summed E-state index contributed by atoms with van der Waals surface area (Å²) in [6.07, 6.45) is 4.45. The number of nitrogens with two attached hydrogens (primary N) is 1. The molecule has 3 N–H and O–H groups in total. The first-order chi connectivity index (χ1) is 9.24. The number of aryl methyl sites for hydroxylation is 1. The first-order valence-corrected chi connectivity index (χ1v) is 6.24. The van der Waals surface area contributed by atoms with Crippen molar-refractivity contribution in [3.8, 4) is 5.75 Å². The lowest BCUT2D eigenvalue weighted by Crippen LogP contribution is -2.30. The van der Waals surface area contributed by atoms with E-state index in [2.05, 4.69) is 16.5 Å². The molecule has 0 saturated carbocycles. The van der Waals surface area contributed by atoms with Gasteiger partial charge < -0.3 is 4.74 Å². The van der Waals surface area contributed by atoms with Crippen LogP contribution in [0.4, 0.5) is 0 Å². The van der Waals surface area contributed by atoms with Crippen molar-refractivity contribution in [3.63, 3.8) is 0 Å². The largest absolute Gasteiger partial charge is 0.497 e. The highest BCUT2D eigenvalue weighted by atomic mass is 16.5. The Balaban J connectivity index is 2.21. The number of hydrazine groups is 1. The van der Waals surface area contributed by atoms with Crippen molar-refractivity contribution < 1.29 is 4.74 Å². The summed E-state index contributed by atoms with van der Waals surface area (Å²) in [6, 6.07) is 10.1. The second-order valence-electron chi connectivity index (χ2n) is 4.51. The molecule has 1 heterocycles. The number of rotatable bonds is 5. The molecule has 0 aliphatic rings. The van der Waals surface area contributed by atoms with Gasteiger partial charge in [-0.05, 0) is 48.2 Å². The van der Waals surface area contributed by atoms with E-state index in [-0.39, 0.29) is 6.04 Å². The van der Waals surface area contributed by atoms with Gasteiger partial charge >= 0.3 is 0 Å². The third kappa shape index (κ3) is 3.30. The summed E-state index contributed by atoms with van der Waals surface area (Å²) in [7, 11) is 1.67. The lowest BCUT2D eigenvalue weighted by molar-refractivity contribution is 0.414. The topological polar surface area (TPSA) is 60.2 Å².